The molecule has 0 aliphatic carbocycles. The number of ether oxygens (including phenoxy) is 1. The van der Waals surface area contributed by atoms with Gasteiger partial charge in [0.25, 0.3) is 0 Å². The molecule has 2 aromatic heterocycles. The average Bonchev–Trinajstić information content (AvgIpc) is 2.60. The van der Waals surface area contributed by atoms with Crippen LogP contribution in [0.4, 0.5) is 10.2 Å². The Hall–Kier alpha value is -2.61. The molecule has 1 atom stereocenters. The Morgan fingerprint density at radius 3 is 2.96 bits per heavy atom. The first-order valence-corrected chi connectivity index (χ1v) is 7.65. The first-order chi connectivity index (χ1) is 11.5. The van der Waals surface area contributed by atoms with Crippen molar-refractivity contribution in [2.45, 2.75) is 19.4 Å². The Kier molecular flexibility index (Phi) is 4.39. The van der Waals surface area contributed by atoms with Crippen LogP contribution < -0.4 is 15.4 Å². The number of nitrogens with one attached hydrogen (secondary N) is 1. The average molecular weight is 330 g/mol. The van der Waals surface area contributed by atoms with Gasteiger partial charge in [0.15, 0.2) is 5.82 Å². The summed E-state index contributed by atoms with van der Waals surface area (Å²) in [5.74, 6) is 0.732. The second-order valence-electron chi connectivity index (χ2n) is 5.59. The summed E-state index contributed by atoms with van der Waals surface area (Å²) >= 11 is 0. The van der Waals surface area contributed by atoms with Gasteiger partial charge in [-0.3, -0.25) is 0 Å². The van der Waals surface area contributed by atoms with E-state index in [0.29, 0.717) is 30.4 Å². The number of nitrogens with zero attached hydrogens (tertiary/aromatic N) is 4. The van der Waals surface area contributed by atoms with Gasteiger partial charge in [-0.1, -0.05) is 0 Å². The van der Waals surface area contributed by atoms with Crippen LogP contribution in [0.15, 0.2) is 18.3 Å². The number of rotatable bonds is 4. The summed E-state index contributed by atoms with van der Waals surface area (Å²) in [7, 11) is 1.50. The minimum absolute atomic E-state index is 0.0612. The van der Waals surface area contributed by atoms with Crippen LogP contribution in [0, 0.1) is 11.4 Å². The van der Waals surface area contributed by atoms with Crippen LogP contribution in [0.5, 0.6) is 5.75 Å². The van der Waals surface area contributed by atoms with E-state index < -0.39 is 5.95 Å². The number of methoxy groups -OCH3 is 1. The van der Waals surface area contributed by atoms with Gasteiger partial charge >= 0.3 is 0 Å². The fourth-order valence-electron chi connectivity index (χ4n) is 2.84. The third kappa shape index (κ3) is 2.92. The molecule has 0 fully saturated rings. The molecule has 2 aromatic rings. The van der Waals surface area contributed by atoms with Gasteiger partial charge in [-0.25, -0.2) is 15.0 Å². The van der Waals surface area contributed by atoms with Crippen molar-refractivity contribution in [1.82, 2.24) is 15.0 Å². The number of hydrogen-bond donors (Lipinski definition) is 2. The highest BCUT2D eigenvalue weighted by atomic mass is 19.1. The van der Waals surface area contributed by atoms with Crippen molar-refractivity contribution in [2.75, 3.05) is 25.1 Å². The third-order valence-corrected chi connectivity index (χ3v) is 4.17. The number of aromatic nitrogens is 3. The zero-order valence-electron chi connectivity index (χ0n) is 13.6. The van der Waals surface area contributed by atoms with E-state index in [2.05, 4.69) is 15.0 Å². The van der Waals surface area contributed by atoms with Gasteiger partial charge in [0.1, 0.15) is 11.6 Å². The van der Waals surface area contributed by atoms with Crippen molar-refractivity contribution in [1.29, 1.82) is 5.41 Å². The van der Waals surface area contributed by atoms with Gasteiger partial charge in [-0.15, -0.1) is 0 Å². The van der Waals surface area contributed by atoms with Gasteiger partial charge in [-0.05, 0) is 6.92 Å². The Morgan fingerprint density at radius 1 is 1.46 bits per heavy atom. The largest absolute Gasteiger partial charge is 0.496 e. The molecule has 3 N–H and O–H groups in total. The van der Waals surface area contributed by atoms with E-state index in [9.17, 15) is 4.39 Å². The lowest BCUT2D eigenvalue weighted by molar-refractivity contribution is 0.408. The maximum absolute atomic E-state index is 13.7. The lowest BCUT2D eigenvalue weighted by Gasteiger charge is -2.35. The van der Waals surface area contributed by atoms with Crippen LogP contribution in [0.3, 0.4) is 0 Å². The SMILES string of the molecule is COc1cc(F)nc(N2CCc3nc(C(=N)CN)ncc3C2C)c1. The minimum atomic E-state index is -0.578. The van der Waals surface area contributed by atoms with Crippen molar-refractivity contribution in [3.63, 3.8) is 0 Å². The maximum Gasteiger partial charge on any atom is 0.218 e. The van der Waals surface area contributed by atoms with E-state index in [1.165, 1.54) is 13.2 Å². The van der Waals surface area contributed by atoms with Gasteiger partial charge < -0.3 is 20.8 Å². The number of hydrogen-bond acceptors (Lipinski definition) is 7. The van der Waals surface area contributed by atoms with Crippen molar-refractivity contribution in [3.05, 3.63) is 41.4 Å². The molecular weight excluding hydrogens is 311 g/mol. The van der Waals surface area contributed by atoms with Crippen molar-refractivity contribution < 1.29 is 9.13 Å². The summed E-state index contributed by atoms with van der Waals surface area (Å²) in [6.07, 6.45) is 2.38. The summed E-state index contributed by atoms with van der Waals surface area (Å²) in [6.45, 7) is 2.74. The van der Waals surface area contributed by atoms with Crippen molar-refractivity contribution in [3.8, 4) is 5.75 Å². The molecule has 0 spiro atoms. The minimum Gasteiger partial charge on any atom is -0.496 e. The fourth-order valence-corrected chi connectivity index (χ4v) is 2.84. The van der Waals surface area contributed by atoms with E-state index in [0.717, 1.165) is 11.3 Å². The third-order valence-electron chi connectivity index (χ3n) is 4.17. The first kappa shape index (κ1) is 16.3. The summed E-state index contributed by atoms with van der Waals surface area (Å²) in [4.78, 5) is 14.7. The number of halogens is 1. The lowest BCUT2D eigenvalue weighted by atomic mass is 9.99. The lowest BCUT2D eigenvalue weighted by Crippen LogP contribution is -2.36. The molecule has 0 radical (unpaired) electrons. The Balaban J connectivity index is 1.94. The van der Waals surface area contributed by atoms with Crippen LogP contribution in [0.25, 0.3) is 0 Å². The Morgan fingerprint density at radius 2 is 2.25 bits per heavy atom. The number of anilines is 1. The number of nitrogens with two attached hydrogens (primary N) is 1. The molecular formula is C16H19FN6O. The fraction of sp³-hybridized carbons (Fsp3) is 0.375. The molecule has 8 heteroatoms. The molecule has 3 heterocycles. The molecule has 0 saturated carbocycles. The van der Waals surface area contributed by atoms with Gasteiger partial charge in [0.05, 0.1) is 24.6 Å². The van der Waals surface area contributed by atoms with Gasteiger partial charge in [0.2, 0.25) is 5.95 Å². The second kappa shape index (κ2) is 6.48. The topological polar surface area (TPSA) is 101 Å². The van der Waals surface area contributed by atoms with Crippen LogP contribution in [-0.4, -0.2) is 40.9 Å². The summed E-state index contributed by atoms with van der Waals surface area (Å²) in [6, 6.07) is 2.90. The molecule has 0 bridgehead atoms. The molecule has 1 aliphatic heterocycles. The standard InChI is InChI=1S/C16H19FN6O/c1-9-11-8-20-16(12(19)7-18)21-13(11)3-4-23(9)15-6-10(24-2)5-14(17)22-15/h5-6,8-9,19H,3-4,7,18H2,1-2H3. The van der Waals surface area contributed by atoms with Gasteiger partial charge in [0, 0.05) is 43.4 Å². The summed E-state index contributed by atoms with van der Waals surface area (Å²) < 4.78 is 18.8. The molecule has 126 valence electrons. The Labute approximate surface area is 139 Å². The predicted octanol–water partition coefficient (Wildman–Crippen LogP) is 1.47. The highest BCUT2D eigenvalue weighted by molar-refractivity contribution is 5.96. The van der Waals surface area contributed by atoms with E-state index in [1.54, 1.807) is 12.3 Å². The van der Waals surface area contributed by atoms with Crippen molar-refractivity contribution >= 4 is 11.5 Å². The van der Waals surface area contributed by atoms with E-state index in [1.807, 2.05) is 11.8 Å². The van der Waals surface area contributed by atoms with Crippen LogP contribution in [-0.2, 0) is 6.42 Å². The number of fused-ring (bicyclic) bond motifs is 1. The highest BCUT2D eigenvalue weighted by Crippen LogP contribution is 2.32. The predicted molar refractivity (Wildman–Crippen MR) is 88.1 cm³/mol. The van der Waals surface area contributed by atoms with Crippen LogP contribution in [0.2, 0.25) is 0 Å². The van der Waals surface area contributed by atoms with E-state index in [4.69, 9.17) is 15.9 Å². The van der Waals surface area contributed by atoms with Crippen LogP contribution in [0.1, 0.15) is 30.0 Å². The molecule has 0 amide bonds. The van der Waals surface area contributed by atoms with E-state index >= 15 is 0 Å². The zero-order valence-corrected chi connectivity index (χ0v) is 13.6. The van der Waals surface area contributed by atoms with E-state index in [-0.39, 0.29) is 18.3 Å². The number of pyridine rings is 1. The molecule has 1 unspecified atom stereocenters. The second-order valence-corrected chi connectivity index (χ2v) is 5.59. The molecule has 24 heavy (non-hydrogen) atoms. The Bertz CT molecular complexity index is 781. The first-order valence-electron chi connectivity index (χ1n) is 7.65. The van der Waals surface area contributed by atoms with Crippen molar-refractivity contribution in [2.24, 2.45) is 5.73 Å². The molecule has 7 nitrogen and oxygen atoms in total. The zero-order chi connectivity index (χ0) is 17.3. The molecule has 0 aromatic carbocycles. The monoisotopic (exact) mass is 330 g/mol. The highest BCUT2D eigenvalue weighted by Gasteiger charge is 2.27. The summed E-state index contributed by atoms with van der Waals surface area (Å²) in [5.41, 5.74) is 7.53. The quantitative estimate of drug-likeness (QED) is 0.650. The smallest absolute Gasteiger partial charge is 0.218 e. The normalized spacial score (nSPS) is 16.7. The molecule has 3 rings (SSSR count). The molecule has 0 saturated heterocycles. The maximum atomic E-state index is 13.7. The molecule has 1 aliphatic rings. The van der Waals surface area contributed by atoms with Gasteiger partial charge in [-0.2, -0.15) is 4.39 Å². The summed E-state index contributed by atoms with van der Waals surface area (Å²) in [5, 5.41) is 7.76. The van der Waals surface area contributed by atoms with Crippen LogP contribution >= 0.6 is 0 Å².